The zero-order chi connectivity index (χ0) is 24.8. The number of carbonyl (C=O) groups is 3. The molecule has 0 saturated carbocycles. The van der Waals surface area contributed by atoms with Gasteiger partial charge in [-0.1, -0.05) is 23.8 Å². The summed E-state index contributed by atoms with van der Waals surface area (Å²) < 4.78 is 5.41. The largest absolute Gasteiger partial charge is 0.494 e. The van der Waals surface area contributed by atoms with E-state index in [2.05, 4.69) is 10.6 Å². The van der Waals surface area contributed by atoms with Gasteiger partial charge in [0.1, 0.15) is 5.75 Å². The van der Waals surface area contributed by atoms with Crippen molar-refractivity contribution < 1.29 is 19.1 Å². The van der Waals surface area contributed by atoms with Gasteiger partial charge in [-0.15, -0.1) is 11.3 Å². The molecule has 1 aliphatic heterocycles. The van der Waals surface area contributed by atoms with E-state index in [1.54, 1.807) is 29.2 Å². The molecule has 0 bridgehead atoms. The molecule has 0 spiro atoms. The first-order valence-corrected chi connectivity index (χ1v) is 12.6. The van der Waals surface area contributed by atoms with E-state index in [0.717, 1.165) is 21.9 Å². The lowest BCUT2D eigenvalue weighted by atomic mass is 9.86. The summed E-state index contributed by atoms with van der Waals surface area (Å²) in [5.41, 5.74) is 2.49. The Kier molecular flexibility index (Phi) is 7.82. The number of benzene rings is 2. The zero-order valence-corrected chi connectivity index (χ0v) is 20.6. The Morgan fingerprint density at radius 1 is 1.09 bits per heavy atom. The Hall–Kier alpha value is -3.65. The van der Waals surface area contributed by atoms with Gasteiger partial charge in [0.25, 0.3) is 0 Å². The predicted molar refractivity (Wildman–Crippen MR) is 138 cm³/mol. The smallest absolute Gasteiger partial charge is 0.243 e. The number of aryl methyl sites for hydroxylation is 1. The van der Waals surface area contributed by atoms with Gasteiger partial charge >= 0.3 is 0 Å². The van der Waals surface area contributed by atoms with Gasteiger partial charge in [0, 0.05) is 22.7 Å². The summed E-state index contributed by atoms with van der Waals surface area (Å²) in [7, 11) is 0. The van der Waals surface area contributed by atoms with Crippen LogP contribution in [0, 0.1) is 12.8 Å². The fourth-order valence-corrected chi connectivity index (χ4v) is 5.15. The number of nitrogens with one attached hydrogen (secondary N) is 2. The number of thiophene rings is 1. The quantitative estimate of drug-likeness (QED) is 0.478. The summed E-state index contributed by atoms with van der Waals surface area (Å²) >= 11 is 1.52. The number of carbonyl (C=O) groups excluding carboxylic acids is 3. The SMILES string of the molecule is CCOc1ccc(NC(=O)CNC(=O)C2CCC(=O)N(c3ccc(C)cc3)C2c2cccs2)cc1. The van der Waals surface area contributed by atoms with Crippen LogP contribution in [0.15, 0.2) is 66.0 Å². The molecule has 4 rings (SSSR count). The van der Waals surface area contributed by atoms with E-state index in [1.807, 2.05) is 55.6 Å². The predicted octanol–water partition coefficient (Wildman–Crippen LogP) is 4.69. The minimum absolute atomic E-state index is 0.00968. The van der Waals surface area contributed by atoms with E-state index in [-0.39, 0.29) is 30.7 Å². The molecule has 2 atom stereocenters. The summed E-state index contributed by atoms with van der Waals surface area (Å²) in [6.07, 6.45) is 0.697. The van der Waals surface area contributed by atoms with Crippen molar-refractivity contribution in [2.45, 2.75) is 32.7 Å². The van der Waals surface area contributed by atoms with Crippen molar-refractivity contribution in [2.24, 2.45) is 5.92 Å². The van der Waals surface area contributed by atoms with Crippen molar-refractivity contribution in [3.63, 3.8) is 0 Å². The van der Waals surface area contributed by atoms with Crippen LogP contribution < -0.4 is 20.3 Å². The van der Waals surface area contributed by atoms with Crippen LogP contribution in [-0.4, -0.2) is 30.9 Å². The summed E-state index contributed by atoms with van der Waals surface area (Å²) in [4.78, 5) is 41.4. The van der Waals surface area contributed by atoms with Crippen LogP contribution in [0.3, 0.4) is 0 Å². The van der Waals surface area contributed by atoms with Gasteiger partial charge in [0.05, 0.1) is 25.1 Å². The minimum atomic E-state index is -0.467. The van der Waals surface area contributed by atoms with Crippen LogP contribution in [0.2, 0.25) is 0 Å². The number of anilines is 2. The Morgan fingerprint density at radius 3 is 2.49 bits per heavy atom. The van der Waals surface area contributed by atoms with Gasteiger partial charge in [-0.2, -0.15) is 0 Å². The van der Waals surface area contributed by atoms with E-state index in [9.17, 15) is 14.4 Å². The third-order valence-corrected chi connectivity index (χ3v) is 6.90. The average molecular weight is 492 g/mol. The maximum Gasteiger partial charge on any atom is 0.243 e. The first-order chi connectivity index (χ1) is 17.0. The maximum absolute atomic E-state index is 13.3. The lowest BCUT2D eigenvalue weighted by Crippen LogP contribution is -2.49. The van der Waals surface area contributed by atoms with E-state index < -0.39 is 12.0 Å². The molecule has 2 aromatic carbocycles. The summed E-state index contributed by atoms with van der Waals surface area (Å²) in [6, 6.07) is 18.3. The Balaban J connectivity index is 1.46. The molecule has 8 heteroatoms. The monoisotopic (exact) mass is 491 g/mol. The van der Waals surface area contributed by atoms with Gasteiger partial charge in [-0.05, 0) is 68.1 Å². The molecule has 1 aliphatic rings. The number of ether oxygens (including phenoxy) is 1. The molecule has 1 fully saturated rings. The number of hydrogen-bond acceptors (Lipinski definition) is 5. The van der Waals surface area contributed by atoms with E-state index in [4.69, 9.17) is 4.74 Å². The lowest BCUT2D eigenvalue weighted by molar-refractivity contribution is -0.130. The fourth-order valence-electron chi connectivity index (χ4n) is 4.27. The van der Waals surface area contributed by atoms with Crippen LogP contribution in [0.25, 0.3) is 0 Å². The minimum Gasteiger partial charge on any atom is -0.494 e. The molecule has 2 unspecified atom stereocenters. The Bertz CT molecular complexity index is 1160. The molecule has 3 aromatic rings. The third kappa shape index (κ3) is 5.89. The molecule has 2 heterocycles. The Morgan fingerprint density at radius 2 is 1.83 bits per heavy atom. The van der Waals surface area contributed by atoms with Crippen LogP contribution in [0.4, 0.5) is 11.4 Å². The second-order valence-corrected chi connectivity index (χ2v) is 9.41. The van der Waals surface area contributed by atoms with Gasteiger partial charge < -0.3 is 20.3 Å². The topological polar surface area (TPSA) is 87.7 Å². The van der Waals surface area contributed by atoms with E-state index in [0.29, 0.717) is 18.7 Å². The molecule has 0 aliphatic carbocycles. The fraction of sp³-hybridized carbons (Fsp3) is 0.296. The number of amides is 3. The zero-order valence-electron chi connectivity index (χ0n) is 19.8. The molecule has 7 nitrogen and oxygen atoms in total. The van der Waals surface area contributed by atoms with Crippen molar-refractivity contribution in [1.29, 1.82) is 0 Å². The van der Waals surface area contributed by atoms with Gasteiger partial charge in [0.15, 0.2) is 0 Å². The van der Waals surface area contributed by atoms with Crippen molar-refractivity contribution in [1.82, 2.24) is 5.32 Å². The molecule has 2 N–H and O–H groups in total. The average Bonchev–Trinajstić information content (AvgIpc) is 3.39. The number of piperidine rings is 1. The lowest BCUT2D eigenvalue weighted by Gasteiger charge is -2.40. The van der Waals surface area contributed by atoms with E-state index >= 15 is 0 Å². The summed E-state index contributed by atoms with van der Waals surface area (Å²) in [5, 5.41) is 7.51. The molecule has 3 amide bonds. The van der Waals surface area contributed by atoms with Crippen LogP contribution in [0.5, 0.6) is 5.75 Å². The number of nitrogens with zero attached hydrogens (tertiary/aromatic N) is 1. The number of rotatable bonds is 8. The van der Waals surface area contributed by atoms with Gasteiger partial charge in [-0.3, -0.25) is 14.4 Å². The molecule has 1 aromatic heterocycles. The molecular weight excluding hydrogens is 462 g/mol. The van der Waals surface area contributed by atoms with E-state index in [1.165, 1.54) is 11.3 Å². The van der Waals surface area contributed by atoms with Crippen molar-refractivity contribution in [2.75, 3.05) is 23.4 Å². The third-order valence-electron chi connectivity index (χ3n) is 5.95. The van der Waals surface area contributed by atoms with Crippen LogP contribution >= 0.6 is 11.3 Å². The highest BCUT2D eigenvalue weighted by Gasteiger charge is 2.42. The molecule has 35 heavy (non-hydrogen) atoms. The Labute approximate surface area is 209 Å². The molecule has 0 radical (unpaired) electrons. The summed E-state index contributed by atoms with van der Waals surface area (Å²) in [6.45, 7) is 4.31. The maximum atomic E-state index is 13.3. The molecular formula is C27H29N3O4S. The van der Waals surface area contributed by atoms with Gasteiger partial charge in [-0.25, -0.2) is 0 Å². The standard InChI is InChI=1S/C27H29N3O4S/c1-3-34-21-12-8-19(9-13-21)29-24(31)17-28-27(33)22-14-15-25(32)30(20-10-6-18(2)7-11-20)26(22)23-5-4-16-35-23/h4-13,16,22,26H,3,14-15,17H2,1-2H3,(H,28,33)(H,29,31). The first-order valence-electron chi connectivity index (χ1n) is 11.7. The molecule has 1 saturated heterocycles. The van der Waals surface area contributed by atoms with Crippen LogP contribution in [-0.2, 0) is 14.4 Å². The molecule has 182 valence electrons. The second-order valence-electron chi connectivity index (χ2n) is 8.43. The second kappa shape index (κ2) is 11.2. The van der Waals surface area contributed by atoms with Crippen LogP contribution in [0.1, 0.15) is 36.2 Å². The first kappa shape index (κ1) is 24.5. The summed E-state index contributed by atoms with van der Waals surface area (Å²) in [5.74, 6) is -0.314. The van der Waals surface area contributed by atoms with Crippen molar-refractivity contribution in [3.8, 4) is 5.75 Å². The highest BCUT2D eigenvalue weighted by molar-refractivity contribution is 7.10. The van der Waals surface area contributed by atoms with Gasteiger partial charge in [0.2, 0.25) is 17.7 Å². The highest BCUT2D eigenvalue weighted by Crippen LogP contribution is 2.41. The number of hydrogen-bond donors (Lipinski definition) is 2. The van der Waals surface area contributed by atoms with Crippen molar-refractivity contribution >= 4 is 40.4 Å². The van der Waals surface area contributed by atoms with Crippen molar-refractivity contribution in [3.05, 3.63) is 76.5 Å². The highest BCUT2D eigenvalue weighted by atomic mass is 32.1. The normalized spacial score (nSPS) is 17.7.